The van der Waals surface area contributed by atoms with Gasteiger partial charge in [-0.1, -0.05) is 18.2 Å². The van der Waals surface area contributed by atoms with E-state index >= 15 is 0 Å². The molecule has 4 nitrogen and oxygen atoms in total. The summed E-state index contributed by atoms with van der Waals surface area (Å²) in [6.45, 7) is -0.377. The number of methoxy groups -OCH3 is 1. The average Bonchev–Trinajstić information content (AvgIpc) is 2.26. The number of hydrogen-bond donors (Lipinski definition) is 0. The Morgan fingerprint density at radius 2 is 2.21 bits per heavy atom. The van der Waals surface area contributed by atoms with Crippen molar-refractivity contribution >= 4 is 11.9 Å². The van der Waals surface area contributed by atoms with Crippen molar-refractivity contribution in [3.63, 3.8) is 0 Å². The molecule has 4 heteroatoms. The summed E-state index contributed by atoms with van der Waals surface area (Å²) >= 11 is 0. The van der Waals surface area contributed by atoms with Gasteiger partial charge in [-0.05, 0) is 12.1 Å². The van der Waals surface area contributed by atoms with E-state index in [1.54, 1.807) is 24.3 Å². The fourth-order valence-electron chi connectivity index (χ4n) is 0.781. The van der Waals surface area contributed by atoms with Gasteiger partial charge in [0, 0.05) is 0 Å². The molecule has 0 aliphatic carbocycles. The Morgan fingerprint density at radius 3 is 2.79 bits per heavy atom. The maximum absolute atomic E-state index is 11.2. The van der Waals surface area contributed by atoms with Crippen LogP contribution in [0.5, 0.6) is 0 Å². The van der Waals surface area contributed by atoms with Crippen molar-refractivity contribution in [2.24, 2.45) is 0 Å². The molecule has 1 aromatic rings. The van der Waals surface area contributed by atoms with E-state index in [-0.39, 0.29) is 12.2 Å². The molecule has 0 aliphatic heterocycles. The number of carbonyl (C=O) groups is 2. The van der Waals surface area contributed by atoms with Crippen LogP contribution < -0.4 is 0 Å². The molecular formula is C10H9O4. The van der Waals surface area contributed by atoms with Crippen LogP contribution >= 0.6 is 0 Å². The summed E-state index contributed by atoms with van der Waals surface area (Å²) < 4.78 is 8.95. The van der Waals surface area contributed by atoms with Crippen LogP contribution in [0.2, 0.25) is 0 Å². The van der Waals surface area contributed by atoms with Gasteiger partial charge < -0.3 is 9.47 Å². The van der Waals surface area contributed by atoms with Crippen LogP contribution in [0.3, 0.4) is 0 Å². The monoisotopic (exact) mass is 193 g/mol. The maximum atomic E-state index is 11.2. The van der Waals surface area contributed by atoms with Gasteiger partial charge in [0.2, 0.25) is 0 Å². The van der Waals surface area contributed by atoms with Crippen molar-refractivity contribution in [3.05, 3.63) is 35.9 Å². The summed E-state index contributed by atoms with van der Waals surface area (Å²) in [6, 6.07) is 9.25. The van der Waals surface area contributed by atoms with Crippen LogP contribution in [0.25, 0.3) is 0 Å². The first-order valence-electron chi connectivity index (χ1n) is 3.94. The third-order valence-corrected chi connectivity index (χ3v) is 1.48. The second-order valence-electron chi connectivity index (χ2n) is 2.43. The fraction of sp³-hybridized carbons (Fsp3) is 0.200. The van der Waals surface area contributed by atoms with Crippen molar-refractivity contribution in [3.8, 4) is 0 Å². The van der Waals surface area contributed by atoms with Gasteiger partial charge in [-0.15, -0.1) is 0 Å². The van der Waals surface area contributed by atoms with Crippen molar-refractivity contribution < 1.29 is 19.1 Å². The van der Waals surface area contributed by atoms with Crippen molar-refractivity contribution in [2.75, 3.05) is 13.7 Å². The third kappa shape index (κ3) is 2.90. The van der Waals surface area contributed by atoms with Gasteiger partial charge in [-0.25, -0.2) is 9.59 Å². The van der Waals surface area contributed by atoms with Gasteiger partial charge in [0.05, 0.1) is 12.7 Å². The molecule has 0 fully saturated rings. The number of benzene rings is 1. The summed E-state index contributed by atoms with van der Waals surface area (Å²) in [6.07, 6.45) is 0. The van der Waals surface area contributed by atoms with Crippen molar-refractivity contribution in [1.82, 2.24) is 0 Å². The van der Waals surface area contributed by atoms with Gasteiger partial charge in [-0.3, -0.25) is 0 Å². The zero-order valence-corrected chi connectivity index (χ0v) is 7.65. The summed E-state index contributed by atoms with van der Waals surface area (Å²) in [7, 11) is 1.23. The Balaban J connectivity index is 2.48. The lowest BCUT2D eigenvalue weighted by atomic mass is 10.2. The average molecular weight is 193 g/mol. The van der Waals surface area contributed by atoms with Gasteiger partial charge >= 0.3 is 11.9 Å². The Kier molecular flexibility index (Phi) is 3.67. The van der Waals surface area contributed by atoms with Crippen LogP contribution in [0.15, 0.2) is 24.3 Å². The lowest BCUT2D eigenvalue weighted by molar-refractivity contribution is -0.144. The van der Waals surface area contributed by atoms with E-state index in [9.17, 15) is 9.59 Å². The smallest absolute Gasteiger partial charge is 0.344 e. The lowest BCUT2D eigenvalue weighted by Crippen LogP contribution is -2.14. The molecule has 0 atom stereocenters. The Bertz CT molecular complexity index is 318. The molecule has 0 spiro atoms. The molecule has 1 aromatic carbocycles. The molecule has 0 saturated heterocycles. The number of ether oxygens (including phenoxy) is 2. The first-order valence-corrected chi connectivity index (χ1v) is 3.94. The SMILES string of the molecule is COC(=O)COC(=O)c1[c]cccc1. The van der Waals surface area contributed by atoms with E-state index < -0.39 is 11.9 Å². The van der Waals surface area contributed by atoms with Gasteiger partial charge in [-0.2, -0.15) is 0 Å². The number of esters is 2. The van der Waals surface area contributed by atoms with Crippen LogP contribution in [-0.4, -0.2) is 25.7 Å². The topological polar surface area (TPSA) is 52.6 Å². The highest BCUT2D eigenvalue weighted by molar-refractivity contribution is 5.90. The summed E-state index contributed by atoms with van der Waals surface area (Å²) in [5.41, 5.74) is 0.288. The zero-order chi connectivity index (χ0) is 10.4. The van der Waals surface area contributed by atoms with Gasteiger partial charge in [0.25, 0.3) is 0 Å². The Hall–Kier alpha value is -1.84. The first kappa shape index (κ1) is 10.2. The lowest BCUT2D eigenvalue weighted by Gasteiger charge is -2.02. The molecule has 0 unspecified atom stereocenters. The van der Waals surface area contributed by atoms with E-state index in [1.165, 1.54) is 7.11 Å². The van der Waals surface area contributed by atoms with Crippen LogP contribution in [0, 0.1) is 6.07 Å². The standard InChI is InChI=1S/C10H9O4/c1-13-9(11)7-14-10(12)8-5-3-2-4-6-8/h2-5H,7H2,1H3. The molecule has 0 aromatic heterocycles. The first-order chi connectivity index (χ1) is 6.74. The van der Waals surface area contributed by atoms with Crippen molar-refractivity contribution in [1.29, 1.82) is 0 Å². The highest BCUT2D eigenvalue weighted by Crippen LogP contribution is 1.99. The molecule has 0 heterocycles. The van der Waals surface area contributed by atoms with Crippen molar-refractivity contribution in [2.45, 2.75) is 0 Å². The predicted octanol–water partition coefficient (Wildman–Crippen LogP) is 0.817. The second-order valence-corrected chi connectivity index (χ2v) is 2.43. The van der Waals surface area contributed by atoms with Gasteiger partial charge in [0.15, 0.2) is 6.61 Å². The van der Waals surface area contributed by atoms with E-state index in [4.69, 9.17) is 0 Å². The van der Waals surface area contributed by atoms with E-state index in [0.29, 0.717) is 0 Å². The number of rotatable bonds is 3. The minimum atomic E-state index is -0.589. The Labute approximate surface area is 81.4 Å². The van der Waals surface area contributed by atoms with E-state index in [1.807, 2.05) is 0 Å². The highest BCUT2D eigenvalue weighted by Gasteiger charge is 2.08. The zero-order valence-electron chi connectivity index (χ0n) is 7.65. The fourth-order valence-corrected chi connectivity index (χ4v) is 0.781. The minimum absolute atomic E-state index is 0.288. The quantitative estimate of drug-likeness (QED) is 0.667. The summed E-state index contributed by atoms with van der Waals surface area (Å²) in [4.78, 5) is 21.8. The largest absolute Gasteiger partial charge is 0.466 e. The second kappa shape index (κ2) is 5.01. The molecule has 14 heavy (non-hydrogen) atoms. The van der Waals surface area contributed by atoms with Gasteiger partial charge in [0.1, 0.15) is 0 Å². The number of hydrogen-bond acceptors (Lipinski definition) is 4. The molecule has 0 N–H and O–H groups in total. The third-order valence-electron chi connectivity index (χ3n) is 1.48. The number of carbonyl (C=O) groups excluding carboxylic acids is 2. The minimum Gasteiger partial charge on any atom is -0.466 e. The predicted molar refractivity (Wildman–Crippen MR) is 47.6 cm³/mol. The Morgan fingerprint density at radius 1 is 1.43 bits per heavy atom. The normalized spacial score (nSPS) is 9.21. The molecule has 0 aliphatic rings. The molecule has 0 bridgehead atoms. The molecule has 0 saturated carbocycles. The molecule has 1 rings (SSSR count). The van der Waals surface area contributed by atoms with Crippen LogP contribution in [0.4, 0.5) is 0 Å². The summed E-state index contributed by atoms with van der Waals surface area (Å²) in [5.74, 6) is -1.18. The van der Waals surface area contributed by atoms with Crippen LogP contribution in [0.1, 0.15) is 10.4 Å². The molecule has 73 valence electrons. The molecule has 1 radical (unpaired) electrons. The van der Waals surface area contributed by atoms with E-state index in [0.717, 1.165) is 0 Å². The highest BCUT2D eigenvalue weighted by atomic mass is 16.6. The van der Waals surface area contributed by atoms with E-state index in [2.05, 4.69) is 15.5 Å². The maximum Gasteiger partial charge on any atom is 0.344 e. The summed E-state index contributed by atoms with van der Waals surface area (Å²) in [5, 5.41) is 0. The molecular weight excluding hydrogens is 184 g/mol. The molecule has 0 amide bonds. The van der Waals surface area contributed by atoms with Crippen LogP contribution in [-0.2, 0) is 14.3 Å².